The van der Waals surface area contributed by atoms with Crippen LogP contribution in [0.3, 0.4) is 0 Å². The molecule has 1 unspecified atom stereocenters. The lowest BCUT2D eigenvalue weighted by atomic mass is 9.98. The summed E-state index contributed by atoms with van der Waals surface area (Å²) in [6.07, 6.45) is 0. The molecule has 1 atom stereocenters. The summed E-state index contributed by atoms with van der Waals surface area (Å²) < 4.78 is 1.10. The van der Waals surface area contributed by atoms with E-state index in [2.05, 4.69) is 46.9 Å². The number of halogens is 2. The van der Waals surface area contributed by atoms with Crippen molar-refractivity contribution in [1.29, 1.82) is 0 Å². The predicted octanol–water partition coefficient (Wildman–Crippen LogP) is 3.68. The fourth-order valence-corrected chi connectivity index (χ4v) is 2.84. The maximum Gasteiger partial charge on any atom is 0.0529 e. The first-order chi connectivity index (χ1) is 7.89. The number of rotatable bonds is 1. The van der Waals surface area contributed by atoms with Crippen LogP contribution < -0.4 is 10.2 Å². The van der Waals surface area contributed by atoms with Crippen LogP contribution >= 0.6 is 27.5 Å². The maximum atomic E-state index is 6.09. The molecule has 1 saturated heterocycles. The smallest absolute Gasteiger partial charge is 0.0529 e. The van der Waals surface area contributed by atoms with Crippen molar-refractivity contribution >= 4 is 33.2 Å². The van der Waals surface area contributed by atoms with Crippen LogP contribution in [0.5, 0.6) is 0 Å². The molecule has 0 amide bonds. The molecular weight excluding hydrogens is 300 g/mol. The third-order valence-electron chi connectivity index (χ3n) is 3.19. The average molecular weight is 318 g/mol. The molecular formula is C13H18BrClN2. The third-order valence-corrected chi connectivity index (χ3v) is 4.10. The zero-order valence-electron chi connectivity index (χ0n) is 10.4. The highest BCUT2D eigenvalue weighted by Gasteiger charge is 2.31. The fraction of sp³-hybridized carbons (Fsp3) is 0.538. The molecule has 94 valence electrons. The molecule has 0 aliphatic carbocycles. The lowest BCUT2D eigenvalue weighted by Gasteiger charge is -2.45. The van der Waals surface area contributed by atoms with Gasteiger partial charge in [-0.1, -0.05) is 11.6 Å². The lowest BCUT2D eigenvalue weighted by molar-refractivity contribution is 0.318. The second-order valence-corrected chi connectivity index (χ2v) is 6.63. The van der Waals surface area contributed by atoms with Gasteiger partial charge in [-0.15, -0.1) is 0 Å². The summed E-state index contributed by atoms with van der Waals surface area (Å²) >= 11 is 9.70. The molecule has 1 aromatic carbocycles. The molecule has 1 aliphatic heterocycles. The Labute approximate surface area is 116 Å². The van der Waals surface area contributed by atoms with Gasteiger partial charge in [0.1, 0.15) is 0 Å². The van der Waals surface area contributed by atoms with Crippen molar-refractivity contribution in [3.8, 4) is 0 Å². The van der Waals surface area contributed by atoms with Crippen LogP contribution in [0.1, 0.15) is 20.8 Å². The highest BCUT2D eigenvalue weighted by molar-refractivity contribution is 9.10. The minimum absolute atomic E-state index is 0.133. The van der Waals surface area contributed by atoms with Crippen LogP contribution in [0.15, 0.2) is 22.7 Å². The Kier molecular flexibility index (Phi) is 3.71. The highest BCUT2D eigenvalue weighted by Crippen LogP contribution is 2.32. The first kappa shape index (κ1) is 13.2. The summed E-state index contributed by atoms with van der Waals surface area (Å²) in [6.45, 7) is 8.66. The van der Waals surface area contributed by atoms with Crippen molar-refractivity contribution < 1.29 is 0 Å². The van der Waals surface area contributed by atoms with Gasteiger partial charge in [0.15, 0.2) is 0 Å². The van der Waals surface area contributed by atoms with E-state index < -0.39 is 0 Å². The van der Waals surface area contributed by atoms with Gasteiger partial charge in [-0.05, 0) is 54.9 Å². The third kappa shape index (κ3) is 2.95. The van der Waals surface area contributed by atoms with E-state index in [1.807, 2.05) is 18.2 Å². The van der Waals surface area contributed by atoms with Gasteiger partial charge in [0.25, 0.3) is 0 Å². The largest absolute Gasteiger partial charge is 0.365 e. The molecule has 17 heavy (non-hydrogen) atoms. The van der Waals surface area contributed by atoms with E-state index in [4.69, 9.17) is 11.6 Å². The topological polar surface area (TPSA) is 15.3 Å². The van der Waals surface area contributed by atoms with Crippen LogP contribution in [-0.2, 0) is 0 Å². The second kappa shape index (κ2) is 4.79. The lowest BCUT2D eigenvalue weighted by Crippen LogP contribution is -2.61. The Balaban J connectivity index is 2.34. The van der Waals surface area contributed by atoms with Crippen molar-refractivity contribution in [3.05, 3.63) is 27.7 Å². The van der Waals surface area contributed by atoms with Gasteiger partial charge in [-0.25, -0.2) is 0 Å². The first-order valence-electron chi connectivity index (χ1n) is 5.86. The molecule has 1 aliphatic rings. The van der Waals surface area contributed by atoms with Gasteiger partial charge in [0.05, 0.1) is 5.69 Å². The molecule has 1 heterocycles. The van der Waals surface area contributed by atoms with E-state index in [0.717, 1.165) is 22.6 Å². The van der Waals surface area contributed by atoms with Crippen LogP contribution in [0.25, 0.3) is 0 Å². The van der Waals surface area contributed by atoms with E-state index >= 15 is 0 Å². The van der Waals surface area contributed by atoms with Crippen LogP contribution in [0, 0.1) is 0 Å². The van der Waals surface area contributed by atoms with Crippen LogP contribution in [0.4, 0.5) is 5.69 Å². The van der Waals surface area contributed by atoms with Gasteiger partial charge >= 0.3 is 0 Å². The molecule has 1 N–H and O–H groups in total. The predicted molar refractivity (Wildman–Crippen MR) is 78.0 cm³/mol. The normalized spacial score (nSPS) is 23.8. The number of anilines is 1. The fourth-order valence-electron chi connectivity index (χ4n) is 2.20. The molecule has 0 aromatic heterocycles. The van der Waals surface area contributed by atoms with Crippen LogP contribution in [0.2, 0.25) is 5.02 Å². The molecule has 2 rings (SSSR count). The number of hydrogen-bond donors (Lipinski definition) is 1. The van der Waals surface area contributed by atoms with E-state index in [1.165, 1.54) is 5.69 Å². The number of hydrogen-bond acceptors (Lipinski definition) is 2. The molecule has 1 aromatic rings. The molecule has 0 radical (unpaired) electrons. The zero-order chi connectivity index (χ0) is 12.6. The van der Waals surface area contributed by atoms with Gasteiger partial charge in [-0.2, -0.15) is 0 Å². The molecule has 4 heteroatoms. The Morgan fingerprint density at radius 3 is 2.88 bits per heavy atom. The molecule has 0 spiro atoms. The standard InChI is InChI=1S/C13H18BrClN2/c1-9-7-16-13(2,3)8-17(9)12-6-10(15)4-5-11(12)14/h4-6,9,16H,7-8H2,1-3H3. The molecule has 0 saturated carbocycles. The minimum Gasteiger partial charge on any atom is -0.365 e. The summed E-state index contributed by atoms with van der Waals surface area (Å²) in [5, 5.41) is 4.34. The summed E-state index contributed by atoms with van der Waals surface area (Å²) in [7, 11) is 0. The van der Waals surface area contributed by atoms with Crippen molar-refractivity contribution in [2.75, 3.05) is 18.0 Å². The molecule has 0 bridgehead atoms. The Hall–Kier alpha value is -0.250. The Morgan fingerprint density at radius 2 is 2.18 bits per heavy atom. The quantitative estimate of drug-likeness (QED) is 0.850. The van der Waals surface area contributed by atoms with Crippen molar-refractivity contribution in [2.45, 2.75) is 32.4 Å². The monoisotopic (exact) mass is 316 g/mol. The van der Waals surface area contributed by atoms with Gasteiger partial charge < -0.3 is 10.2 Å². The average Bonchev–Trinajstić information content (AvgIpc) is 2.25. The summed E-state index contributed by atoms with van der Waals surface area (Å²) in [5.74, 6) is 0. The summed E-state index contributed by atoms with van der Waals surface area (Å²) in [6, 6.07) is 6.42. The Morgan fingerprint density at radius 1 is 1.47 bits per heavy atom. The van der Waals surface area contributed by atoms with Gasteiger partial charge in [0.2, 0.25) is 0 Å². The van der Waals surface area contributed by atoms with E-state index in [9.17, 15) is 0 Å². The molecule has 1 fully saturated rings. The van der Waals surface area contributed by atoms with Gasteiger partial charge in [-0.3, -0.25) is 0 Å². The first-order valence-corrected chi connectivity index (χ1v) is 7.03. The molecule has 2 nitrogen and oxygen atoms in total. The van der Waals surface area contributed by atoms with E-state index in [0.29, 0.717) is 6.04 Å². The van der Waals surface area contributed by atoms with Crippen molar-refractivity contribution in [1.82, 2.24) is 5.32 Å². The number of benzene rings is 1. The zero-order valence-corrected chi connectivity index (χ0v) is 12.8. The number of nitrogens with zero attached hydrogens (tertiary/aromatic N) is 1. The second-order valence-electron chi connectivity index (χ2n) is 5.34. The van der Waals surface area contributed by atoms with Crippen molar-refractivity contribution in [2.24, 2.45) is 0 Å². The van der Waals surface area contributed by atoms with E-state index in [1.54, 1.807) is 0 Å². The van der Waals surface area contributed by atoms with Crippen molar-refractivity contribution in [3.63, 3.8) is 0 Å². The van der Waals surface area contributed by atoms with Crippen LogP contribution in [-0.4, -0.2) is 24.7 Å². The maximum absolute atomic E-state index is 6.09. The summed E-state index contributed by atoms with van der Waals surface area (Å²) in [4.78, 5) is 2.41. The number of piperazine rings is 1. The Bertz CT molecular complexity index is 420. The number of nitrogens with one attached hydrogen (secondary N) is 1. The van der Waals surface area contributed by atoms with E-state index in [-0.39, 0.29) is 5.54 Å². The SMILES string of the molecule is CC1CNC(C)(C)CN1c1cc(Cl)ccc1Br. The highest BCUT2D eigenvalue weighted by atomic mass is 79.9. The van der Waals surface area contributed by atoms with Gasteiger partial charge in [0, 0.05) is 34.2 Å². The summed E-state index contributed by atoms with van der Waals surface area (Å²) in [5.41, 5.74) is 1.31. The minimum atomic E-state index is 0.133.